The van der Waals surface area contributed by atoms with Crippen molar-refractivity contribution in [3.63, 3.8) is 0 Å². The summed E-state index contributed by atoms with van der Waals surface area (Å²) in [5, 5.41) is 0. The first-order chi connectivity index (χ1) is 18.2. The molecular weight excluding hydrogens is 488 g/mol. The van der Waals surface area contributed by atoms with Crippen LogP contribution >= 0.6 is 0 Å². The number of carbonyl (C=O) groups is 4. The van der Waals surface area contributed by atoms with Gasteiger partial charge in [0.15, 0.2) is 46.1 Å². The molecule has 4 rings (SSSR count). The summed E-state index contributed by atoms with van der Waals surface area (Å²) in [7, 11) is 0. The van der Waals surface area contributed by atoms with E-state index >= 15 is 0 Å². The number of allylic oxidation sites excluding steroid dienone is 4. The lowest BCUT2D eigenvalue weighted by Gasteiger charge is -2.26. The van der Waals surface area contributed by atoms with Gasteiger partial charge in [0.1, 0.15) is 0 Å². The van der Waals surface area contributed by atoms with E-state index < -0.39 is 23.1 Å². The van der Waals surface area contributed by atoms with Gasteiger partial charge in [0.25, 0.3) is 0 Å². The molecule has 8 nitrogen and oxygen atoms in total. The first-order valence-electron chi connectivity index (χ1n) is 12.7. The minimum Gasteiger partial charge on any atom is -0.490 e. The Labute approximate surface area is 221 Å². The fraction of sp³-hybridized carbons (Fsp3) is 0.333. The lowest BCUT2D eigenvalue weighted by Crippen LogP contribution is -2.29. The van der Waals surface area contributed by atoms with Gasteiger partial charge < -0.3 is 18.9 Å². The first kappa shape index (κ1) is 26.9. The predicted molar refractivity (Wildman–Crippen MR) is 140 cm³/mol. The number of hydrogen-bond donors (Lipinski definition) is 0. The minimum atomic E-state index is -0.531. The summed E-state index contributed by atoms with van der Waals surface area (Å²) < 4.78 is 22.6. The van der Waals surface area contributed by atoms with Gasteiger partial charge in [0, 0.05) is 44.5 Å². The number of ether oxygens (including phenoxy) is 4. The van der Waals surface area contributed by atoms with Gasteiger partial charge >= 0.3 is 0 Å². The number of fused-ring (bicyclic) bond motifs is 2. The lowest BCUT2D eigenvalue weighted by atomic mass is 9.74. The van der Waals surface area contributed by atoms with Crippen LogP contribution in [0.5, 0.6) is 23.0 Å². The summed E-state index contributed by atoms with van der Waals surface area (Å²) in [6.07, 6.45) is 0. The molecule has 0 bridgehead atoms. The zero-order valence-corrected chi connectivity index (χ0v) is 22.4. The maximum atomic E-state index is 13.9. The van der Waals surface area contributed by atoms with Gasteiger partial charge in [-0.3, -0.25) is 19.2 Å². The van der Waals surface area contributed by atoms with Crippen LogP contribution in [-0.2, 0) is 0 Å². The molecule has 0 atom stereocenters. The second-order valence-corrected chi connectivity index (χ2v) is 8.74. The maximum Gasteiger partial charge on any atom is 0.195 e. The first-order valence-corrected chi connectivity index (χ1v) is 12.7. The minimum absolute atomic E-state index is 0.0811. The van der Waals surface area contributed by atoms with Crippen molar-refractivity contribution in [3.8, 4) is 23.0 Å². The SMILES string of the molecule is CCOc1cc2c(cc1OCC)C(=O)C(C1=C(C)C(=O)c3cc(OCC)c(OCC)cc3C1=O)=C(C)C2=O. The fourth-order valence-corrected chi connectivity index (χ4v) is 4.79. The third-order valence-electron chi connectivity index (χ3n) is 6.48. The third-order valence-corrected chi connectivity index (χ3v) is 6.48. The van der Waals surface area contributed by atoms with Gasteiger partial charge in [-0.05, 0) is 65.8 Å². The summed E-state index contributed by atoms with van der Waals surface area (Å²) in [5.74, 6) is -0.565. The average Bonchev–Trinajstić information content (AvgIpc) is 2.90. The molecule has 0 saturated heterocycles. The molecule has 0 spiro atoms. The topological polar surface area (TPSA) is 105 Å². The molecule has 2 aliphatic rings. The van der Waals surface area contributed by atoms with Crippen molar-refractivity contribution in [1.82, 2.24) is 0 Å². The highest BCUT2D eigenvalue weighted by Crippen LogP contribution is 2.42. The standard InChI is InChI=1S/C30H30O8/c1-7-35-21-11-17-19(13-23(21)37-9-3)29(33)25(15(5)27(17)31)26-16(6)28(32)18-12-22(36-8-2)24(38-10-4)14-20(18)30(26)34/h11-14H,7-10H2,1-6H3. The quantitative estimate of drug-likeness (QED) is 0.436. The van der Waals surface area contributed by atoms with Gasteiger partial charge in [0.05, 0.1) is 26.4 Å². The Hall–Kier alpha value is -4.20. The maximum absolute atomic E-state index is 13.9. The number of ketones is 4. The lowest BCUT2D eigenvalue weighted by molar-refractivity contribution is 0.0952. The van der Waals surface area contributed by atoms with Crippen molar-refractivity contribution in [3.05, 3.63) is 68.8 Å². The third kappa shape index (κ3) is 4.30. The van der Waals surface area contributed by atoms with Crippen LogP contribution in [0.3, 0.4) is 0 Å². The van der Waals surface area contributed by atoms with Crippen LogP contribution in [0.15, 0.2) is 46.6 Å². The van der Waals surface area contributed by atoms with Crippen molar-refractivity contribution < 1.29 is 38.1 Å². The van der Waals surface area contributed by atoms with E-state index in [2.05, 4.69) is 0 Å². The van der Waals surface area contributed by atoms with E-state index in [-0.39, 0.29) is 44.5 Å². The van der Waals surface area contributed by atoms with Crippen LogP contribution in [0.4, 0.5) is 0 Å². The average molecular weight is 519 g/mol. The highest BCUT2D eigenvalue weighted by atomic mass is 16.5. The van der Waals surface area contributed by atoms with Crippen LogP contribution in [0.2, 0.25) is 0 Å². The second-order valence-electron chi connectivity index (χ2n) is 8.74. The van der Waals surface area contributed by atoms with Crippen molar-refractivity contribution in [2.45, 2.75) is 41.5 Å². The normalized spacial score (nSPS) is 15.0. The zero-order chi connectivity index (χ0) is 27.7. The van der Waals surface area contributed by atoms with Crippen LogP contribution in [0.1, 0.15) is 83.0 Å². The van der Waals surface area contributed by atoms with Crippen LogP contribution < -0.4 is 18.9 Å². The molecule has 38 heavy (non-hydrogen) atoms. The highest BCUT2D eigenvalue weighted by molar-refractivity contribution is 6.37. The molecule has 0 N–H and O–H groups in total. The van der Waals surface area contributed by atoms with Gasteiger partial charge in [-0.2, -0.15) is 0 Å². The van der Waals surface area contributed by atoms with Gasteiger partial charge in [-0.15, -0.1) is 0 Å². The summed E-state index contributed by atoms with van der Waals surface area (Å²) >= 11 is 0. The van der Waals surface area contributed by atoms with Gasteiger partial charge in [-0.1, -0.05) is 0 Å². The molecule has 198 valence electrons. The van der Waals surface area contributed by atoms with E-state index in [4.69, 9.17) is 18.9 Å². The molecule has 0 fully saturated rings. The van der Waals surface area contributed by atoms with E-state index in [1.807, 2.05) is 0 Å². The smallest absolute Gasteiger partial charge is 0.195 e. The molecule has 2 aliphatic carbocycles. The Morgan fingerprint density at radius 3 is 0.921 bits per heavy atom. The molecule has 0 aliphatic heterocycles. The Balaban J connectivity index is 1.89. The summed E-state index contributed by atoms with van der Waals surface area (Å²) in [4.78, 5) is 54.7. The number of hydrogen-bond acceptors (Lipinski definition) is 8. The Kier molecular flexibility index (Phi) is 7.53. The van der Waals surface area contributed by atoms with E-state index in [0.717, 1.165) is 0 Å². The molecule has 0 radical (unpaired) electrons. The van der Waals surface area contributed by atoms with E-state index in [9.17, 15) is 19.2 Å². The van der Waals surface area contributed by atoms with Crippen LogP contribution in [-0.4, -0.2) is 49.6 Å². The molecule has 0 aromatic heterocycles. The molecule has 2 aromatic carbocycles. The highest BCUT2D eigenvalue weighted by Gasteiger charge is 2.40. The van der Waals surface area contributed by atoms with Crippen LogP contribution in [0, 0.1) is 0 Å². The fourth-order valence-electron chi connectivity index (χ4n) is 4.79. The Morgan fingerprint density at radius 2 is 0.684 bits per heavy atom. The molecule has 2 aromatic rings. The largest absolute Gasteiger partial charge is 0.490 e. The number of rotatable bonds is 9. The predicted octanol–water partition coefficient (Wildman–Crippen LogP) is 5.37. The molecule has 0 saturated carbocycles. The molecular formula is C30H30O8. The Morgan fingerprint density at radius 1 is 0.447 bits per heavy atom. The van der Waals surface area contributed by atoms with Gasteiger partial charge in [0.2, 0.25) is 0 Å². The summed E-state index contributed by atoms with van der Waals surface area (Å²) in [6.45, 7) is 11.5. The number of carbonyl (C=O) groups excluding carboxylic acids is 4. The van der Waals surface area contributed by atoms with Crippen molar-refractivity contribution in [2.75, 3.05) is 26.4 Å². The summed E-state index contributed by atoms with van der Waals surface area (Å²) in [6, 6.07) is 5.94. The van der Waals surface area contributed by atoms with Gasteiger partial charge in [-0.25, -0.2) is 0 Å². The summed E-state index contributed by atoms with van der Waals surface area (Å²) in [5.41, 5.74) is 0.525. The van der Waals surface area contributed by atoms with E-state index in [1.165, 1.54) is 38.1 Å². The van der Waals surface area contributed by atoms with E-state index in [0.29, 0.717) is 49.4 Å². The number of Topliss-reactive ketones (excluding diaryl/α,β-unsaturated/α-hetero) is 4. The molecule has 0 amide bonds. The van der Waals surface area contributed by atoms with Crippen molar-refractivity contribution in [2.24, 2.45) is 0 Å². The van der Waals surface area contributed by atoms with Crippen molar-refractivity contribution >= 4 is 23.1 Å². The van der Waals surface area contributed by atoms with Crippen molar-refractivity contribution in [1.29, 1.82) is 0 Å². The van der Waals surface area contributed by atoms with Crippen LogP contribution in [0.25, 0.3) is 0 Å². The molecule has 8 heteroatoms. The van der Waals surface area contributed by atoms with E-state index in [1.54, 1.807) is 27.7 Å². The molecule has 0 heterocycles. The molecule has 0 unspecified atom stereocenters. The zero-order valence-electron chi connectivity index (χ0n) is 22.4. The second kappa shape index (κ2) is 10.7. The number of benzene rings is 2. The monoisotopic (exact) mass is 518 g/mol. The Bertz CT molecular complexity index is 1330.